The first-order chi connectivity index (χ1) is 19.2. The van der Waals surface area contributed by atoms with Gasteiger partial charge in [0, 0.05) is 13.1 Å². The maximum Gasteiger partial charge on any atom is 0.136 e. The summed E-state index contributed by atoms with van der Waals surface area (Å²) in [4.78, 5) is 5.14. The topological polar surface area (TPSA) is 6.48 Å². The van der Waals surface area contributed by atoms with Crippen molar-refractivity contribution in [1.29, 1.82) is 0 Å². The van der Waals surface area contributed by atoms with Crippen molar-refractivity contribution in [1.82, 2.24) is 0 Å². The largest absolute Gasteiger partial charge is 0.344 e. The molecule has 2 heteroatoms. The predicted molar refractivity (Wildman–Crippen MR) is 165 cm³/mol. The fourth-order valence-electron chi connectivity index (χ4n) is 6.90. The van der Waals surface area contributed by atoms with Gasteiger partial charge in [-0.25, -0.2) is 0 Å². The summed E-state index contributed by atoms with van der Waals surface area (Å²) in [5.41, 5.74) is 8.24. The molecule has 0 fully saturated rings. The van der Waals surface area contributed by atoms with Gasteiger partial charge in [-0.1, -0.05) is 127 Å². The van der Waals surface area contributed by atoms with Crippen LogP contribution in [-0.2, 0) is 11.1 Å². The van der Waals surface area contributed by atoms with Crippen molar-refractivity contribution < 1.29 is 0 Å². The quantitative estimate of drug-likeness (QED) is 0.203. The lowest BCUT2D eigenvalue weighted by atomic mass is 9.65. The van der Waals surface area contributed by atoms with Gasteiger partial charge in [-0.2, -0.15) is 0 Å². The van der Waals surface area contributed by atoms with Gasteiger partial charge in [0.15, 0.2) is 0 Å². The molecule has 1 aliphatic rings. The first kappa shape index (κ1) is 25.0. The Kier molecular flexibility index (Phi) is 6.48. The van der Waals surface area contributed by atoms with Gasteiger partial charge in [0.05, 0.1) is 16.8 Å². The van der Waals surface area contributed by atoms with Crippen LogP contribution in [0.5, 0.6) is 0 Å². The van der Waals surface area contributed by atoms with E-state index in [-0.39, 0.29) is 5.66 Å². The number of fused-ring (bicyclic) bond motifs is 1. The molecular formula is C37H36N2. The van der Waals surface area contributed by atoms with Crippen LogP contribution in [0.15, 0.2) is 140 Å². The molecule has 0 N–H and O–H groups in total. The van der Waals surface area contributed by atoms with E-state index in [1.54, 1.807) is 0 Å². The van der Waals surface area contributed by atoms with E-state index in [9.17, 15) is 0 Å². The van der Waals surface area contributed by atoms with E-state index in [1.807, 2.05) is 0 Å². The van der Waals surface area contributed by atoms with Crippen molar-refractivity contribution in [2.24, 2.45) is 0 Å². The summed E-state index contributed by atoms with van der Waals surface area (Å²) in [5, 5.41) is 0. The molecule has 1 unspecified atom stereocenters. The monoisotopic (exact) mass is 508 g/mol. The van der Waals surface area contributed by atoms with Crippen LogP contribution in [0, 0.1) is 0 Å². The summed E-state index contributed by atoms with van der Waals surface area (Å²) in [6.07, 6.45) is 0. The molecule has 0 bridgehead atoms. The zero-order valence-corrected chi connectivity index (χ0v) is 23.1. The zero-order chi connectivity index (χ0) is 26.9. The van der Waals surface area contributed by atoms with Gasteiger partial charge < -0.3 is 9.80 Å². The van der Waals surface area contributed by atoms with E-state index < -0.39 is 5.41 Å². The molecule has 194 valence electrons. The molecule has 1 atom stereocenters. The lowest BCUT2D eigenvalue weighted by Crippen LogP contribution is -2.52. The molecular weight excluding hydrogens is 472 g/mol. The van der Waals surface area contributed by atoms with Crippen LogP contribution in [-0.4, -0.2) is 13.1 Å². The van der Waals surface area contributed by atoms with Crippen molar-refractivity contribution in [2.45, 2.75) is 31.8 Å². The van der Waals surface area contributed by atoms with E-state index in [1.165, 1.54) is 39.2 Å². The summed E-state index contributed by atoms with van der Waals surface area (Å²) in [6, 6.07) is 51.0. The summed E-state index contributed by atoms with van der Waals surface area (Å²) < 4.78 is 0. The van der Waals surface area contributed by atoms with Gasteiger partial charge in [0.1, 0.15) is 5.66 Å². The Morgan fingerprint density at radius 3 is 1.33 bits per heavy atom. The number of rotatable bonds is 7. The maximum absolute atomic E-state index is 2.58. The second-order valence-corrected chi connectivity index (χ2v) is 10.4. The highest BCUT2D eigenvalue weighted by Crippen LogP contribution is 2.53. The highest BCUT2D eigenvalue weighted by atomic mass is 15.5. The Labute approximate surface area is 233 Å². The third-order valence-electron chi connectivity index (χ3n) is 8.61. The average Bonchev–Trinajstić information content (AvgIpc) is 3.26. The summed E-state index contributed by atoms with van der Waals surface area (Å²) in [6.45, 7) is 8.74. The minimum absolute atomic E-state index is 0.263. The second-order valence-electron chi connectivity index (χ2n) is 10.4. The third-order valence-corrected chi connectivity index (χ3v) is 8.61. The number of nitrogens with zero attached hydrogens (tertiary/aromatic N) is 2. The molecule has 39 heavy (non-hydrogen) atoms. The van der Waals surface area contributed by atoms with Crippen LogP contribution in [0.25, 0.3) is 0 Å². The lowest BCUT2D eigenvalue weighted by molar-refractivity contribution is 0.444. The minimum Gasteiger partial charge on any atom is -0.344 e. The van der Waals surface area contributed by atoms with E-state index in [2.05, 4.69) is 170 Å². The molecule has 5 aromatic rings. The SMILES string of the molecule is CCN1c2ccc(C(c3ccccc3)(c3ccccc3)c3ccccc3)cc2N(CC)C1(C)c1ccccc1. The van der Waals surface area contributed by atoms with Crippen molar-refractivity contribution in [2.75, 3.05) is 22.9 Å². The molecule has 0 saturated carbocycles. The Bertz CT molecular complexity index is 1430. The standard InChI is InChI=1S/C37H36N2/c1-4-38-34-27-26-33(28-35(34)39(5-2)36(38,3)29-18-10-6-11-19-29)37(30-20-12-7-13-21-30,31-22-14-8-15-23-31)32-24-16-9-17-25-32/h6-28H,4-5H2,1-3H3. The fraction of sp³-hybridized carbons (Fsp3) is 0.189. The van der Waals surface area contributed by atoms with Crippen LogP contribution in [0.3, 0.4) is 0 Å². The van der Waals surface area contributed by atoms with Crippen LogP contribution in [0.2, 0.25) is 0 Å². The van der Waals surface area contributed by atoms with Crippen molar-refractivity contribution in [3.05, 3.63) is 167 Å². The number of hydrogen-bond donors (Lipinski definition) is 0. The van der Waals surface area contributed by atoms with Crippen LogP contribution in [0.1, 0.15) is 48.6 Å². The van der Waals surface area contributed by atoms with Crippen LogP contribution >= 0.6 is 0 Å². The number of hydrogen-bond acceptors (Lipinski definition) is 2. The van der Waals surface area contributed by atoms with E-state index in [4.69, 9.17) is 0 Å². The van der Waals surface area contributed by atoms with Crippen molar-refractivity contribution in [3.63, 3.8) is 0 Å². The normalized spacial score (nSPS) is 16.8. The Balaban J connectivity index is 1.65. The van der Waals surface area contributed by atoms with Gasteiger partial charge in [0.2, 0.25) is 0 Å². The number of benzene rings is 5. The van der Waals surface area contributed by atoms with Gasteiger partial charge in [0.25, 0.3) is 0 Å². The van der Waals surface area contributed by atoms with E-state index >= 15 is 0 Å². The molecule has 0 aromatic heterocycles. The highest BCUT2D eigenvalue weighted by molar-refractivity contribution is 5.82. The summed E-state index contributed by atoms with van der Waals surface area (Å²) in [5.74, 6) is 0. The molecule has 0 amide bonds. The van der Waals surface area contributed by atoms with E-state index in [0.717, 1.165) is 13.1 Å². The summed E-state index contributed by atoms with van der Waals surface area (Å²) in [7, 11) is 0. The molecule has 2 nitrogen and oxygen atoms in total. The molecule has 0 spiro atoms. The van der Waals surface area contributed by atoms with Crippen LogP contribution < -0.4 is 9.80 Å². The van der Waals surface area contributed by atoms with Gasteiger partial charge >= 0.3 is 0 Å². The zero-order valence-electron chi connectivity index (χ0n) is 23.1. The highest BCUT2D eigenvalue weighted by Gasteiger charge is 2.47. The third kappa shape index (κ3) is 3.78. The van der Waals surface area contributed by atoms with Crippen molar-refractivity contribution in [3.8, 4) is 0 Å². The Morgan fingerprint density at radius 2 is 0.897 bits per heavy atom. The molecule has 6 rings (SSSR count). The average molecular weight is 509 g/mol. The first-order valence-corrected chi connectivity index (χ1v) is 14.1. The molecule has 1 aliphatic heterocycles. The van der Waals surface area contributed by atoms with Gasteiger partial charge in [-0.15, -0.1) is 0 Å². The van der Waals surface area contributed by atoms with Gasteiger partial charge in [-0.3, -0.25) is 0 Å². The Morgan fingerprint density at radius 1 is 0.487 bits per heavy atom. The Hall–Kier alpha value is -4.30. The molecule has 5 aromatic carbocycles. The minimum atomic E-state index is -0.457. The van der Waals surface area contributed by atoms with Gasteiger partial charge in [-0.05, 0) is 60.7 Å². The predicted octanol–water partition coefficient (Wildman–Crippen LogP) is 8.61. The van der Waals surface area contributed by atoms with E-state index in [0.29, 0.717) is 0 Å². The molecule has 0 saturated heterocycles. The number of anilines is 2. The second kappa shape index (κ2) is 10.1. The molecule has 0 radical (unpaired) electrons. The molecule has 0 aliphatic carbocycles. The smallest absolute Gasteiger partial charge is 0.136 e. The maximum atomic E-state index is 2.58. The first-order valence-electron chi connectivity index (χ1n) is 14.1. The fourth-order valence-corrected chi connectivity index (χ4v) is 6.90. The molecule has 1 heterocycles. The summed E-state index contributed by atoms with van der Waals surface area (Å²) >= 11 is 0. The van der Waals surface area contributed by atoms with Crippen LogP contribution in [0.4, 0.5) is 11.4 Å². The van der Waals surface area contributed by atoms with Crippen molar-refractivity contribution >= 4 is 11.4 Å². The lowest BCUT2D eigenvalue weighted by Gasteiger charge is -2.43.